The van der Waals surface area contributed by atoms with Crippen LogP contribution in [0.25, 0.3) is 28.1 Å². The lowest BCUT2D eigenvalue weighted by Crippen LogP contribution is -2.45. The number of nitrogens with one attached hydrogen (secondary N) is 2. The van der Waals surface area contributed by atoms with E-state index in [4.69, 9.17) is 11.6 Å². The first-order valence-corrected chi connectivity index (χ1v) is 11.2. The van der Waals surface area contributed by atoms with E-state index in [-0.39, 0.29) is 11.5 Å². The Morgan fingerprint density at radius 3 is 2.17 bits per heavy atom. The Morgan fingerprint density at radius 1 is 1.00 bits per heavy atom. The molecule has 178 valence electrons. The second-order valence-corrected chi connectivity index (χ2v) is 8.36. The van der Waals surface area contributed by atoms with Crippen molar-refractivity contribution in [3.05, 3.63) is 87.9 Å². The zero-order chi connectivity index (χ0) is 25.1. The van der Waals surface area contributed by atoms with Crippen LogP contribution in [0.2, 0.25) is 5.02 Å². The molecular weight excluding hydrogens is 468 g/mol. The molecule has 0 bridgehead atoms. The molecule has 2 N–H and O–H groups in total. The van der Waals surface area contributed by atoms with Crippen molar-refractivity contribution in [3.8, 4) is 28.1 Å². The van der Waals surface area contributed by atoms with Crippen LogP contribution in [0.5, 0.6) is 0 Å². The lowest BCUT2D eigenvalue weighted by atomic mass is 10.0. The van der Waals surface area contributed by atoms with Crippen LogP contribution in [0.15, 0.2) is 71.8 Å². The average molecular weight is 491 g/mol. The minimum absolute atomic E-state index is 0.142. The van der Waals surface area contributed by atoms with E-state index in [0.29, 0.717) is 22.0 Å². The van der Waals surface area contributed by atoms with E-state index in [1.54, 1.807) is 13.2 Å². The van der Waals surface area contributed by atoms with Crippen molar-refractivity contribution in [2.24, 2.45) is 7.05 Å². The average Bonchev–Trinajstić information content (AvgIpc) is 3.30. The number of likely N-dealkylation sites (N-methyl/N-ethyl adjacent to an activating group) is 1. The molecule has 4 aromatic rings. The van der Waals surface area contributed by atoms with Gasteiger partial charge in [-0.15, -0.1) is 0 Å². The van der Waals surface area contributed by atoms with E-state index in [1.165, 1.54) is 30.9 Å². The number of carbonyl (C=O) groups is 2. The van der Waals surface area contributed by atoms with E-state index in [2.05, 4.69) is 20.8 Å². The molecule has 0 aliphatic heterocycles. The van der Waals surface area contributed by atoms with Gasteiger partial charge >= 0.3 is 0 Å². The molecule has 0 unspecified atom stereocenters. The summed E-state index contributed by atoms with van der Waals surface area (Å²) in [7, 11) is 3.19. The van der Waals surface area contributed by atoms with Gasteiger partial charge in [-0.1, -0.05) is 48.0 Å². The summed E-state index contributed by atoms with van der Waals surface area (Å²) in [6.45, 7) is 1.54. The number of aromatic nitrogens is 4. The third-order valence-electron chi connectivity index (χ3n) is 5.44. The number of amides is 2. The van der Waals surface area contributed by atoms with Crippen LogP contribution in [0.3, 0.4) is 0 Å². The summed E-state index contributed by atoms with van der Waals surface area (Å²) in [4.78, 5) is 38.0. The summed E-state index contributed by atoms with van der Waals surface area (Å²) in [5.74, 6) is -1.05. The highest BCUT2D eigenvalue weighted by Gasteiger charge is 2.21. The fourth-order valence-corrected chi connectivity index (χ4v) is 3.65. The molecule has 0 aliphatic carbocycles. The molecule has 0 saturated carbocycles. The molecular formula is C25H23ClN6O3. The number of halogens is 1. The van der Waals surface area contributed by atoms with Gasteiger partial charge in [0.2, 0.25) is 5.91 Å². The van der Waals surface area contributed by atoms with Crippen molar-refractivity contribution in [1.82, 2.24) is 30.2 Å². The van der Waals surface area contributed by atoms with Crippen LogP contribution < -0.4 is 16.2 Å². The van der Waals surface area contributed by atoms with Crippen molar-refractivity contribution in [2.75, 3.05) is 7.05 Å². The summed E-state index contributed by atoms with van der Waals surface area (Å²) in [5.41, 5.74) is 2.73. The second-order valence-electron chi connectivity index (χ2n) is 7.93. The molecule has 1 atom stereocenters. The lowest BCUT2D eigenvalue weighted by Gasteiger charge is -2.14. The number of benzene rings is 2. The molecule has 9 nitrogen and oxygen atoms in total. The Balaban J connectivity index is 1.77. The van der Waals surface area contributed by atoms with Gasteiger partial charge in [-0.3, -0.25) is 19.1 Å². The number of rotatable bonds is 6. The van der Waals surface area contributed by atoms with Gasteiger partial charge in [-0.25, -0.2) is 0 Å². The van der Waals surface area contributed by atoms with Crippen molar-refractivity contribution >= 4 is 23.4 Å². The van der Waals surface area contributed by atoms with Gasteiger partial charge in [-0.2, -0.15) is 14.9 Å². The van der Waals surface area contributed by atoms with Gasteiger partial charge in [0.05, 0.1) is 18.1 Å². The number of aryl methyl sites for hydroxylation is 1. The topological polar surface area (TPSA) is 111 Å². The van der Waals surface area contributed by atoms with E-state index in [9.17, 15) is 14.4 Å². The van der Waals surface area contributed by atoms with Crippen molar-refractivity contribution in [3.63, 3.8) is 0 Å². The summed E-state index contributed by atoms with van der Waals surface area (Å²) in [6.07, 6.45) is 3.10. The van der Waals surface area contributed by atoms with Crippen LogP contribution >= 0.6 is 11.6 Å². The minimum Gasteiger partial charge on any atom is -0.357 e. The van der Waals surface area contributed by atoms with Crippen molar-refractivity contribution in [2.45, 2.75) is 13.0 Å². The highest BCUT2D eigenvalue weighted by molar-refractivity contribution is 6.30. The number of nitrogens with zero attached hydrogens (tertiary/aromatic N) is 4. The normalized spacial score (nSPS) is 11.7. The van der Waals surface area contributed by atoms with Gasteiger partial charge < -0.3 is 10.6 Å². The Morgan fingerprint density at radius 2 is 1.60 bits per heavy atom. The number of carbonyl (C=O) groups excluding carboxylic acids is 2. The molecule has 35 heavy (non-hydrogen) atoms. The van der Waals surface area contributed by atoms with Gasteiger partial charge in [-0.05, 0) is 36.2 Å². The van der Waals surface area contributed by atoms with Crippen LogP contribution in [0.4, 0.5) is 0 Å². The van der Waals surface area contributed by atoms with Crippen LogP contribution in [0.1, 0.15) is 17.3 Å². The molecule has 10 heteroatoms. The standard InChI is InChI=1S/C25H23ClN6O3/c1-15(23(33)27-2)29-24(34)21-12-22(30-32(25(21)35)20-13-28-31(3)14-20)18-6-4-16(5-7-18)17-8-10-19(26)11-9-17/h4-15H,1-3H3,(H,27,33)(H,29,34)/t15-/m0/s1. The van der Waals surface area contributed by atoms with E-state index < -0.39 is 17.5 Å². The summed E-state index contributed by atoms with van der Waals surface area (Å²) in [5, 5.41) is 14.3. The van der Waals surface area contributed by atoms with Crippen LogP contribution in [0, 0.1) is 0 Å². The molecule has 4 rings (SSSR count). The first kappa shape index (κ1) is 23.9. The monoisotopic (exact) mass is 490 g/mol. The molecule has 2 amide bonds. The maximum Gasteiger partial charge on any atom is 0.284 e. The van der Waals surface area contributed by atoms with Gasteiger partial charge in [0.15, 0.2) is 0 Å². The van der Waals surface area contributed by atoms with Crippen molar-refractivity contribution < 1.29 is 9.59 Å². The SMILES string of the molecule is CNC(=O)[C@H](C)NC(=O)c1cc(-c2ccc(-c3ccc(Cl)cc3)cc2)nn(-c2cnn(C)c2)c1=O. The second kappa shape index (κ2) is 9.94. The smallest absolute Gasteiger partial charge is 0.284 e. The summed E-state index contributed by atoms with van der Waals surface area (Å²) in [6, 6.07) is 15.7. The van der Waals surface area contributed by atoms with Gasteiger partial charge in [0.25, 0.3) is 11.5 Å². The molecule has 2 aromatic carbocycles. The highest BCUT2D eigenvalue weighted by Crippen LogP contribution is 2.25. The fraction of sp³-hybridized carbons (Fsp3) is 0.160. The van der Waals surface area contributed by atoms with Crippen LogP contribution in [-0.2, 0) is 11.8 Å². The number of hydrogen-bond acceptors (Lipinski definition) is 5. The first-order chi connectivity index (χ1) is 16.8. The molecule has 0 radical (unpaired) electrons. The Labute approximate surface area is 206 Å². The number of hydrogen-bond donors (Lipinski definition) is 2. The Kier molecular flexibility index (Phi) is 6.79. The maximum absolute atomic E-state index is 13.2. The third kappa shape index (κ3) is 5.15. The molecule has 2 heterocycles. The fourth-order valence-electron chi connectivity index (χ4n) is 3.52. The van der Waals surface area contributed by atoms with Crippen molar-refractivity contribution in [1.29, 1.82) is 0 Å². The quantitative estimate of drug-likeness (QED) is 0.432. The van der Waals surface area contributed by atoms with Gasteiger partial charge in [0, 0.05) is 24.7 Å². The van der Waals surface area contributed by atoms with Gasteiger partial charge in [0.1, 0.15) is 17.3 Å². The summed E-state index contributed by atoms with van der Waals surface area (Å²) >= 11 is 5.98. The first-order valence-electron chi connectivity index (χ1n) is 10.8. The van der Waals surface area contributed by atoms with Crippen LogP contribution in [-0.4, -0.2) is 44.5 Å². The van der Waals surface area contributed by atoms with E-state index in [1.807, 2.05) is 48.5 Å². The predicted molar refractivity (Wildman–Crippen MR) is 133 cm³/mol. The molecule has 2 aromatic heterocycles. The molecule has 0 spiro atoms. The third-order valence-corrected chi connectivity index (χ3v) is 5.69. The zero-order valence-corrected chi connectivity index (χ0v) is 20.1. The predicted octanol–water partition coefficient (Wildman–Crippen LogP) is 2.82. The lowest BCUT2D eigenvalue weighted by molar-refractivity contribution is -0.122. The highest BCUT2D eigenvalue weighted by atomic mass is 35.5. The molecule has 0 fully saturated rings. The largest absolute Gasteiger partial charge is 0.357 e. The Hall–Kier alpha value is -4.24. The Bertz CT molecular complexity index is 1440. The molecule has 0 saturated heterocycles. The zero-order valence-electron chi connectivity index (χ0n) is 19.3. The van der Waals surface area contributed by atoms with E-state index >= 15 is 0 Å². The molecule has 0 aliphatic rings. The maximum atomic E-state index is 13.2. The minimum atomic E-state index is -0.825. The van der Waals surface area contributed by atoms with E-state index in [0.717, 1.165) is 15.8 Å². The summed E-state index contributed by atoms with van der Waals surface area (Å²) < 4.78 is 2.67.